The predicted octanol–water partition coefficient (Wildman–Crippen LogP) is 4.55. The Bertz CT molecular complexity index is 498. The molecule has 5 atom stereocenters. The summed E-state index contributed by atoms with van der Waals surface area (Å²) < 4.78 is 0. The first-order valence-corrected chi connectivity index (χ1v) is 9.46. The van der Waals surface area contributed by atoms with Crippen LogP contribution in [-0.2, 0) is 0 Å². The van der Waals surface area contributed by atoms with E-state index in [0.717, 1.165) is 29.9 Å². The summed E-state index contributed by atoms with van der Waals surface area (Å²) in [4.78, 5) is 0. The van der Waals surface area contributed by atoms with Crippen molar-refractivity contribution in [1.82, 2.24) is 5.32 Å². The van der Waals surface area contributed by atoms with E-state index in [0.29, 0.717) is 5.41 Å². The van der Waals surface area contributed by atoms with Gasteiger partial charge in [0.25, 0.3) is 0 Å². The number of rotatable bonds is 7. The van der Waals surface area contributed by atoms with Crippen LogP contribution in [0, 0.1) is 23.2 Å². The molecule has 1 aromatic carbocycles. The second kappa shape index (κ2) is 6.94. The monoisotopic (exact) mass is 315 g/mol. The predicted molar refractivity (Wildman–Crippen MR) is 96.2 cm³/mol. The molecule has 0 saturated heterocycles. The maximum absolute atomic E-state index is 10.4. The van der Waals surface area contributed by atoms with Crippen LogP contribution < -0.4 is 5.32 Å². The van der Waals surface area contributed by atoms with E-state index in [2.05, 4.69) is 26.1 Å². The van der Waals surface area contributed by atoms with Gasteiger partial charge in [-0.3, -0.25) is 0 Å². The van der Waals surface area contributed by atoms with Crippen LogP contribution in [0.25, 0.3) is 0 Å². The Balaban J connectivity index is 1.42. The number of hydrogen-bond donors (Lipinski definition) is 2. The van der Waals surface area contributed by atoms with Gasteiger partial charge in [-0.1, -0.05) is 44.2 Å². The fourth-order valence-corrected chi connectivity index (χ4v) is 5.28. The summed E-state index contributed by atoms with van der Waals surface area (Å²) in [7, 11) is 0. The molecule has 3 rings (SSSR count). The summed E-state index contributed by atoms with van der Waals surface area (Å²) in [5, 5.41) is 13.9. The number of hydrogen-bond acceptors (Lipinski definition) is 2. The van der Waals surface area contributed by atoms with Crippen LogP contribution >= 0.6 is 0 Å². The number of aliphatic hydroxyl groups is 1. The van der Waals surface area contributed by atoms with E-state index in [1.807, 2.05) is 30.3 Å². The summed E-state index contributed by atoms with van der Waals surface area (Å²) in [5.74, 6) is 2.88. The maximum atomic E-state index is 10.4. The highest BCUT2D eigenvalue weighted by Gasteiger charge is 2.51. The SMILES string of the molecule is CC(NCCCC1C2CCC(C2)C1(C)C)C(O)c1ccccc1. The van der Waals surface area contributed by atoms with Crippen molar-refractivity contribution in [3.8, 4) is 0 Å². The molecule has 0 heterocycles. The Labute approximate surface area is 141 Å². The lowest BCUT2D eigenvalue weighted by Gasteiger charge is -2.38. The molecular formula is C21H33NO. The minimum atomic E-state index is -0.421. The van der Waals surface area contributed by atoms with Crippen LogP contribution in [0.1, 0.15) is 64.5 Å². The Hall–Kier alpha value is -0.860. The van der Waals surface area contributed by atoms with E-state index in [-0.39, 0.29) is 6.04 Å². The average molecular weight is 316 g/mol. The van der Waals surface area contributed by atoms with Gasteiger partial charge in [0.15, 0.2) is 0 Å². The summed E-state index contributed by atoms with van der Waals surface area (Å²) >= 11 is 0. The molecule has 0 amide bonds. The maximum Gasteiger partial charge on any atom is 0.0940 e. The van der Waals surface area contributed by atoms with Gasteiger partial charge in [0.1, 0.15) is 0 Å². The van der Waals surface area contributed by atoms with Gasteiger partial charge < -0.3 is 10.4 Å². The molecule has 5 unspecified atom stereocenters. The number of fused-ring (bicyclic) bond motifs is 2. The Morgan fingerprint density at radius 2 is 1.96 bits per heavy atom. The van der Waals surface area contributed by atoms with Crippen molar-refractivity contribution in [2.75, 3.05) is 6.54 Å². The van der Waals surface area contributed by atoms with Crippen molar-refractivity contribution in [3.05, 3.63) is 35.9 Å². The van der Waals surface area contributed by atoms with E-state index in [4.69, 9.17) is 0 Å². The first-order chi connectivity index (χ1) is 11.0. The van der Waals surface area contributed by atoms with Crippen LogP contribution in [-0.4, -0.2) is 17.7 Å². The highest BCUT2D eigenvalue weighted by Crippen LogP contribution is 2.60. The zero-order valence-electron chi connectivity index (χ0n) is 15.0. The lowest BCUT2D eigenvalue weighted by Crippen LogP contribution is -2.34. The molecule has 2 heteroatoms. The van der Waals surface area contributed by atoms with Gasteiger partial charge in [-0.05, 0) is 74.3 Å². The van der Waals surface area contributed by atoms with Crippen LogP contribution in [0.15, 0.2) is 30.3 Å². The first-order valence-electron chi connectivity index (χ1n) is 9.46. The van der Waals surface area contributed by atoms with Crippen molar-refractivity contribution in [3.63, 3.8) is 0 Å². The largest absolute Gasteiger partial charge is 0.387 e. The third kappa shape index (κ3) is 3.49. The van der Waals surface area contributed by atoms with Gasteiger partial charge >= 0.3 is 0 Å². The topological polar surface area (TPSA) is 32.3 Å². The molecule has 2 saturated carbocycles. The first kappa shape index (κ1) is 17.0. The Morgan fingerprint density at radius 3 is 2.61 bits per heavy atom. The molecule has 2 nitrogen and oxygen atoms in total. The van der Waals surface area contributed by atoms with E-state index < -0.39 is 6.10 Å². The third-order valence-electron chi connectivity index (χ3n) is 6.82. The molecule has 2 aliphatic carbocycles. The lowest BCUT2D eigenvalue weighted by molar-refractivity contribution is 0.109. The zero-order valence-corrected chi connectivity index (χ0v) is 15.0. The molecule has 1 aromatic rings. The number of nitrogens with one attached hydrogen (secondary N) is 1. The van der Waals surface area contributed by atoms with Crippen molar-refractivity contribution in [2.24, 2.45) is 23.2 Å². The number of aliphatic hydroxyl groups excluding tert-OH is 1. The normalized spacial score (nSPS) is 31.2. The van der Waals surface area contributed by atoms with Crippen LogP contribution in [0.3, 0.4) is 0 Å². The van der Waals surface area contributed by atoms with E-state index in [1.54, 1.807) is 0 Å². The van der Waals surface area contributed by atoms with Gasteiger partial charge in [0, 0.05) is 6.04 Å². The van der Waals surface area contributed by atoms with Gasteiger partial charge in [0.2, 0.25) is 0 Å². The summed E-state index contributed by atoms with van der Waals surface area (Å²) in [6.07, 6.45) is 6.56. The average Bonchev–Trinajstić information content (AvgIpc) is 3.12. The van der Waals surface area contributed by atoms with E-state index in [1.165, 1.54) is 32.1 Å². The molecule has 2 fully saturated rings. The lowest BCUT2D eigenvalue weighted by atomic mass is 9.67. The molecule has 2 bridgehead atoms. The fraction of sp³-hybridized carbons (Fsp3) is 0.714. The van der Waals surface area contributed by atoms with Crippen LogP contribution in [0.4, 0.5) is 0 Å². The molecule has 0 aliphatic heterocycles. The third-order valence-corrected chi connectivity index (χ3v) is 6.82. The van der Waals surface area contributed by atoms with Crippen molar-refractivity contribution < 1.29 is 5.11 Å². The van der Waals surface area contributed by atoms with Gasteiger partial charge in [-0.25, -0.2) is 0 Å². The van der Waals surface area contributed by atoms with Gasteiger partial charge in [0.05, 0.1) is 6.10 Å². The highest BCUT2D eigenvalue weighted by atomic mass is 16.3. The zero-order chi connectivity index (χ0) is 16.4. The van der Waals surface area contributed by atoms with Crippen LogP contribution in [0.2, 0.25) is 0 Å². The minimum Gasteiger partial charge on any atom is -0.387 e. The molecule has 0 radical (unpaired) electrons. The number of benzene rings is 1. The minimum absolute atomic E-state index is 0.102. The second-order valence-electron chi connectivity index (χ2n) is 8.44. The fourth-order valence-electron chi connectivity index (χ4n) is 5.28. The quantitative estimate of drug-likeness (QED) is 0.723. The molecule has 2 N–H and O–H groups in total. The molecule has 23 heavy (non-hydrogen) atoms. The molecule has 2 aliphatic rings. The smallest absolute Gasteiger partial charge is 0.0940 e. The molecule has 128 valence electrons. The Morgan fingerprint density at radius 1 is 1.22 bits per heavy atom. The summed E-state index contributed by atoms with van der Waals surface area (Å²) in [5.41, 5.74) is 1.56. The Kier molecular flexibility index (Phi) is 5.13. The molecular weight excluding hydrogens is 282 g/mol. The molecule has 0 aromatic heterocycles. The standard InChI is InChI=1S/C21H33NO/c1-15(20(23)16-8-5-4-6-9-16)22-13-7-10-19-17-11-12-18(14-17)21(19,2)3/h4-6,8-9,15,17-20,22-23H,7,10-14H2,1-3H3. The van der Waals surface area contributed by atoms with Gasteiger partial charge in [-0.2, -0.15) is 0 Å². The summed E-state index contributed by atoms with van der Waals surface area (Å²) in [6.45, 7) is 8.08. The van der Waals surface area contributed by atoms with Crippen molar-refractivity contribution in [2.45, 2.75) is 65.0 Å². The molecule has 0 spiro atoms. The van der Waals surface area contributed by atoms with E-state index >= 15 is 0 Å². The van der Waals surface area contributed by atoms with Crippen molar-refractivity contribution >= 4 is 0 Å². The van der Waals surface area contributed by atoms with Crippen LogP contribution in [0.5, 0.6) is 0 Å². The second-order valence-corrected chi connectivity index (χ2v) is 8.44. The van der Waals surface area contributed by atoms with Crippen molar-refractivity contribution in [1.29, 1.82) is 0 Å². The highest BCUT2D eigenvalue weighted by molar-refractivity contribution is 5.18. The van der Waals surface area contributed by atoms with E-state index in [9.17, 15) is 5.11 Å². The van der Waals surface area contributed by atoms with Gasteiger partial charge in [-0.15, -0.1) is 0 Å². The summed E-state index contributed by atoms with van der Waals surface area (Å²) in [6, 6.07) is 10.1.